The van der Waals surface area contributed by atoms with Crippen molar-refractivity contribution in [1.82, 2.24) is 4.98 Å². The third-order valence-electron chi connectivity index (χ3n) is 4.67. The Morgan fingerprint density at radius 2 is 2.00 bits per heavy atom. The van der Waals surface area contributed by atoms with E-state index in [2.05, 4.69) is 20.9 Å². The Kier molecular flexibility index (Phi) is 5.69. The van der Waals surface area contributed by atoms with Crippen LogP contribution in [0.2, 0.25) is 0 Å². The summed E-state index contributed by atoms with van der Waals surface area (Å²) in [5.41, 5.74) is 1.14. The van der Waals surface area contributed by atoms with Gasteiger partial charge in [0.25, 0.3) is 5.78 Å². The molecule has 0 radical (unpaired) electrons. The molecule has 0 bridgehead atoms. The van der Waals surface area contributed by atoms with E-state index in [1.165, 1.54) is 16.2 Å². The molecule has 152 valence electrons. The van der Waals surface area contributed by atoms with Crippen LogP contribution in [0.3, 0.4) is 0 Å². The molecule has 30 heavy (non-hydrogen) atoms. The molecule has 6 nitrogen and oxygen atoms in total. The summed E-state index contributed by atoms with van der Waals surface area (Å²) in [6.07, 6.45) is 1.57. The molecule has 4 rings (SSSR count). The van der Waals surface area contributed by atoms with E-state index in [0.29, 0.717) is 28.6 Å². The van der Waals surface area contributed by atoms with Crippen molar-refractivity contribution >= 4 is 49.8 Å². The third kappa shape index (κ3) is 3.64. The lowest BCUT2D eigenvalue weighted by Gasteiger charge is -2.23. The molecule has 2 heterocycles. The van der Waals surface area contributed by atoms with E-state index in [9.17, 15) is 14.7 Å². The molecule has 1 saturated heterocycles. The molecule has 1 aromatic heterocycles. The molecule has 1 fully saturated rings. The van der Waals surface area contributed by atoms with Gasteiger partial charge in [-0.2, -0.15) is 0 Å². The van der Waals surface area contributed by atoms with Crippen molar-refractivity contribution in [3.05, 3.63) is 81.3 Å². The number of halogens is 1. The van der Waals surface area contributed by atoms with Gasteiger partial charge >= 0.3 is 5.91 Å². The average Bonchev–Trinajstić information content (AvgIpc) is 3.35. The number of hydrogen-bond donors (Lipinski definition) is 1. The van der Waals surface area contributed by atoms with Crippen LogP contribution in [0.1, 0.15) is 24.1 Å². The number of carbonyl (C=O) groups is 2. The van der Waals surface area contributed by atoms with Crippen LogP contribution < -0.4 is 9.64 Å². The molecule has 1 unspecified atom stereocenters. The Labute approximate surface area is 185 Å². The highest BCUT2D eigenvalue weighted by Gasteiger charge is 2.48. The quantitative estimate of drug-likeness (QED) is 0.315. The minimum absolute atomic E-state index is 0.0254. The molecule has 2 aromatic carbocycles. The SMILES string of the molecule is CCOc1ccc(/C(O)=C2/C(=O)C(=O)N(c3nccs3)C2c2cccc(Br)c2)cc1. The van der Waals surface area contributed by atoms with Crippen molar-refractivity contribution in [2.24, 2.45) is 0 Å². The summed E-state index contributed by atoms with van der Waals surface area (Å²) in [5.74, 6) is -1.05. The number of anilines is 1. The molecule has 1 amide bonds. The van der Waals surface area contributed by atoms with Crippen molar-refractivity contribution in [3.8, 4) is 5.75 Å². The van der Waals surface area contributed by atoms with Gasteiger partial charge in [-0.15, -0.1) is 11.3 Å². The van der Waals surface area contributed by atoms with E-state index < -0.39 is 17.7 Å². The monoisotopic (exact) mass is 484 g/mol. The zero-order valence-electron chi connectivity index (χ0n) is 15.9. The Morgan fingerprint density at radius 3 is 2.63 bits per heavy atom. The number of hydrogen-bond acceptors (Lipinski definition) is 6. The Hall–Kier alpha value is -2.97. The smallest absolute Gasteiger partial charge is 0.301 e. The summed E-state index contributed by atoms with van der Waals surface area (Å²) in [6.45, 7) is 2.40. The van der Waals surface area contributed by atoms with Crippen molar-refractivity contribution in [3.63, 3.8) is 0 Å². The zero-order chi connectivity index (χ0) is 21.3. The van der Waals surface area contributed by atoms with Gasteiger partial charge in [-0.05, 0) is 48.9 Å². The summed E-state index contributed by atoms with van der Waals surface area (Å²) in [6, 6.07) is 13.3. The first-order valence-electron chi connectivity index (χ1n) is 9.20. The first-order valence-corrected chi connectivity index (χ1v) is 10.9. The van der Waals surface area contributed by atoms with Gasteiger partial charge < -0.3 is 9.84 Å². The van der Waals surface area contributed by atoms with E-state index in [1.54, 1.807) is 35.8 Å². The maximum absolute atomic E-state index is 13.0. The molecule has 1 aliphatic rings. The molecular formula is C22H17BrN2O4S. The molecule has 8 heteroatoms. The topological polar surface area (TPSA) is 79.7 Å². The Bertz CT molecular complexity index is 1130. The molecular weight excluding hydrogens is 468 g/mol. The number of carbonyl (C=O) groups excluding carboxylic acids is 2. The van der Waals surface area contributed by atoms with Gasteiger partial charge in [-0.1, -0.05) is 28.1 Å². The van der Waals surface area contributed by atoms with Crippen LogP contribution in [0.15, 0.2) is 70.2 Å². The van der Waals surface area contributed by atoms with Gasteiger partial charge in [-0.25, -0.2) is 4.98 Å². The van der Waals surface area contributed by atoms with E-state index in [4.69, 9.17) is 4.74 Å². The van der Waals surface area contributed by atoms with E-state index in [1.807, 2.05) is 31.2 Å². The average molecular weight is 485 g/mol. The largest absolute Gasteiger partial charge is 0.507 e. The summed E-state index contributed by atoms with van der Waals surface area (Å²) in [5, 5.41) is 13.2. The number of aliphatic hydroxyl groups is 1. The van der Waals surface area contributed by atoms with Crippen LogP contribution >= 0.6 is 27.3 Å². The fourth-order valence-corrected chi connectivity index (χ4v) is 4.47. The molecule has 1 N–H and O–H groups in total. The van der Waals surface area contributed by atoms with Gasteiger partial charge in [0.15, 0.2) is 5.13 Å². The standard InChI is InChI=1S/C22H17BrN2O4S/c1-2-29-16-8-6-13(7-9-16)19(26)17-18(14-4-3-5-15(23)12-14)25(21(28)20(17)27)22-24-10-11-30-22/h3-12,18,26H,2H2,1H3/b19-17-. The first-order chi connectivity index (χ1) is 14.5. The molecule has 1 aliphatic heterocycles. The third-order valence-corrected chi connectivity index (χ3v) is 5.94. The second-order valence-electron chi connectivity index (χ2n) is 6.50. The maximum Gasteiger partial charge on any atom is 0.301 e. The van der Waals surface area contributed by atoms with Gasteiger partial charge in [0.2, 0.25) is 0 Å². The molecule has 0 spiro atoms. The van der Waals surface area contributed by atoms with E-state index in [0.717, 1.165) is 4.47 Å². The fraction of sp³-hybridized carbons (Fsp3) is 0.136. The highest BCUT2D eigenvalue weighted by atomic mass is 79.9. The number of Topliss-reactive ketones (excluding diaryl/α,β-unsaturated/α-hetero) is 1. The molecule has 0 aliphatic carbocycles. The Morgan fingerprint density at radius 1 is 1.23 bits per heavy atom. The zero-order valence-corrected chi connectivity index (χ0v) is 18.3. The highest BCUT2D eigenvalue weighted by molar-refractivity contribution is 9.10. The van der Waals surface area contributed by atoms with Gasteiger partial charge in [-0.3, -0.25) is 14.5 Å². The number of benzene rings is 2. The van der Waals surface area contributed by atoms with Crippen LogP contribution in [0.4, 0.5) is 5.13 Å². The van der Waals surface area contributed by atoms with Gasteiger partial charge in [0.05, 0.1) is 18.2 Å². The predicted molar refractivity (Wildman–Crippen MR) is 119 cm³/mol. The van der Waals surface area contributed by atoms with Crippen molar-refractivity contribution in [2.45, 2.75) is 13.0 Å². The van der Waals surface area contributed by atoms with Crippen LogP contribution in [-0.4, -0.2) is 28.4 Å². The lowest BCUT2D eigenvalue weighted by molar-refractivity contribution is -0.132. The number of aliphatic hydroxyl groups excluding tert-OH is 1. The first kappa shape index (κ1) is 20.3. The Balaban J connectivity index is 1.88. The highest BCUT2D eigenvalue weighted by Crippen LogP contribution is 2.43. The second kappa shape index (κ2) is 8.41. The van der Waals surface area contributed by atoms with Gasteiger partial charge in [0, 0.05) is 21.6 Å². The molecule has 3 aromatic rings. The molecule has 1 atom stereocenters. The normalized spacial score (nSPS) is 18.1. The van der Waals surface area contributed by atoms with Crippen LogP contribution in [0.25, 0.3) is 5.76 Å². The number of rotatable bonds is 5. The maximum atomic E-state index is 13.0. The number of aromatic nitrogens is 1. The minimum atomic E-state index is -0.791. The lowest BCUT2D eigenvalue weighted by atomic mass is 9.95. The van der Waals surface area contributed by atoms with E-state index >= 15 is 0 Å². The lowest BCUT2D eigenvalue weighted by Crippen LogP contribution is -2.29. The van der Waals surface area contributed by atoms with Gasteiger partial charge in [0.1, 0.15) is 11.5 Å². The van der Waals surface area contributed by atoms with Crippen LogP contribution in [0.5, 0.6) is 5.75 Å². The van der Waals surface area contributed by atoms with E-state index in [-0.39, 0.29) is 11.3 Å². The van der Waals surface area contributed by atoms with Crippen molar-refractivity contribution < 1.29 is 19.4 Å². The number of thiazole rings is 1. The van der Waals surface area contributed by atoms with Crippen LogP contribution in [-0.2, 0) is 9.59 Å². The number of ketones is 1. The molecule has 0 saturated carbocycles. The number of amides is 1. The summed E-state index contributed by atoms with van der Waals surface area (Å²) in [7, 11) is 0. The number of nitrogens with zero attached hydrogens (tertiary/aromatic N) is 2. The fourth-order valence-electron chi connectivity index (χ4n) is 3.39. The second-order valence-corrected chi connectivity index (χ2v) is 8.28. The number of ether oxygens (including phenoxy) is 1. The summed E-state index contributed by atoms with van der Waals surface area (Å²) < 4.78 is 6.23. The minimum Gasteiger partial charge on any atom is -0.507 e. The van der Waals surface area contributed by atoms with Crippen molar-refractivity contribution in [1.29, 1.82) is 0 Å². The van der Waals surface area contributed by atoms with Crippen molar-refractivity contribution in [2.75, 3.05) is 11.5 Å². The predicted octanol–water partition coefficient (Wildman–Crippen LogP) is 4.93. The summed E-state index contributed by atoms with van der Waals surface area (Å²) >= 11 is 4.69. The summed E-state index contributed by atoms with van der Waals surface area (Å²) in [4.78, 5) is 31.5. The van der Waals surface area contributed by atoms with Crippen LogP contribution in [0, 0.1) is 0 Å².